The number of carboxylic acids is 1. The lowest BCUT2D eigenvalue weighted by Crippen LogP contribution is -2.27. The van der Waals surface area contributed by atoms with Gasteiger partial charge in [0.1, 0.15) is 11.9 Å². The highest BCUT2D eigenvalue weighted by atomic mass is 16.4. The van der Waals surface area contributed by atoms with Crippen LogP contribution in [-0.2, 0) is 4.79 Å². The summed E-state index contributed by atoms with van der Waals surface area (Å²) < 4.78 is 0. The molecule has 16 heavy (non-hydrogen) atoms. The quantitative estimate of drug-likeness (QED) is 0.648. The molecule has 0 fully saturated rings. The van der Waals surface area contributed by atoms with Crippen LogP contribution in [0.4, 0.5) is 5.82 Å². The van der Waals surface area contributed by atoms with Crippen LogP contribution in [0.2, 0.25) is 0 Å². The fourth-order valence-electron chi connectivity index (χ4n) is 1.15. The molecule has 0 saturated carbocycles. The van der Waals surface area contributed by atoms with Crippen molar-refractivity contribution in [2.45, 2.75) is 12.2 Å². The number of carbonyl (C=O) groups is 1. The van der Waals surface area contributed by atoms with E-state index in [0.29, 0.717) is 5.82 Å². The summed E-state index contributed by atoms with van der Waals surface area (Å²) in [6, 6.07) is 3.16. The molecule has 88 valence electrons. The van der Waals surface area contributed by atoms with Gasteiger partial charge in [-0.2, -0.15) is 0 Å². The number of rotatable bonds is 4. The van der Waals surface area contributed by atoms with Crippen LogP contribution < -0.4 is 4.90 Å². The Morgan fingerprint density at radius 2 is 2.00 bits per heavy atom. The van der Waals surface area contributed by atoms with E-state index in [9.17, 15) is 9.90 Å². The number of pyridine rings is 1. The Hall–Kier alpha value is -1.66. The van der Waals surface area contributed by atoms with E-state index >= 15 is 0 Å². The molecule has 0 radical (unpaired) electrons. The third kappa shape index (κ3) is 2.68. The summed E-state index contributed by atoms with van der Waals surface area (Å²) >= 11 is 0. The molecule has 0 saturated heterocycles. The Bertz CT molecular complexity index is 364. The summed E-state index contributed by atoms with van der Waals surface area (Å²) in [6.07, 6.45) is -1.97. The lowest BCUT2D eigenvalue weighted by atomic mass is 10.1. The van der Waals surface area contributed by atoms with E-state index in [4.69, 9.17) is 10.2 Å². The van der Waals surface area contributed by atoms with Crippen molar-refractivity contribution in [2.75, 3.05) is 19.0 Å². The molecule has 2 unspecified atom stereocenters. The minimum atomic E-state index is -1.84. The van der Waals surface area contributed by atoms with E-state index in [1.807, 2.05) is 14.1 Å². The first-order chi connectivity index (χ1) is 7.43. The standard InChI is InChI=1S/C10H14N2O4/c1-12(2)7-4-3-6(5-11-7)8(13)9(14)10(15)16/h3-5,8-9,13-14H,1-2H3,(H,15,16). The molecule has 2 atom stereocenters. The number of anilines is 1. The largest absolute Gasteiger partial charge is 0.479 e. The highest BCUT2D eigenvalue weighted by Crippen LogP contribution is 2.18. The van der Waals surface area contributed by atoms with Crippen molar-refractivity contribution < 1.29 is 20.1 Å². The van der Waals surface area contributed by atoms with Gasteiger partial charge in [0.2, 0.25) is 0 Å². The van der Waals surface area contributed by atoms with E-state index < -0.39 is 18.2 Å². The summed E-state index contributed by atoms with van der Waals surface area (Å²) in [5.41, 5.74) is 0.264. The van der Waals surface area contributed by atoms with Gasteiger partial charge < -0.3 is 20.2 Å². The van der Waals surface area contributed by atoms with Crippen LogP contribution >= 0.6 is 0 Å². The van der Waals surface area contributed by atoms with Gasteiger partial charge in [-0.25, -0.2) is 9.78 Å². The monoisotopic (exact) mass is 226 g/mol. The number of carboxylic acid groups (broad SMARTS) is 1. The third-order valence-corrected chi connectivity index (χ3v) is 2.12. The molecule has 0 bridgehead atoms. The lowest BCUT2D eigenvalue weighted by Gasteiger charge is -2.16. The molecule has 1 rings (SSSR count). The molecular weight excluding hydrogens is 212 g/mol. The average molecular weight is 226 g/mol. The zero-order chi connectivity index (χ0) is 12.3. The highest BCUT2D eigenvalue weighted by Gasteiger charge is 2.25. The third-order valence-electron chi connectivity index (χ3n) is 2.12. The van der Waals surface area contributed by atoms with Crippen LogP contribution in [0.3, 0.4) is 0 Å². The highest BCUT2D eigenvalue weighted by molar-refractivity contribution is 5.73. The second kappa shape index (κ2) is 4.91. The summed E-state index contributed by atoms with van der Waals surface area (Å²) in [7, 11) is 3.62. The Morgan fingerprint density at radius 3 is 2.38 bits per heavy atom. The second-order valence-electron chi connectivity index (χ2n) is 3.57. The maximum absolute atomic E-state index is 10.5. The van der Waals surface area contributed by atoms with Gasteiger partial charge in [0.25, 0.3) is 0 Å². The molecule has 0 amide bonds. The summed E-state index contributed by atoms with van der Waals surface area (Å²) in [5.74, 6) is -0.787. The SMILES string of the molecule is CN(C)c1ccc(C(O)C(O)C(=O)O)cn1. The van der Waals surface area contributed by atoms with Crippen LogP contribution in [0, 0.1) is 0 Å². The van der Waals surface area contributed by atoms with Crippen LogP contribution in [0.1, 0.15) is 11.7 Å². The minimum Gasteiger partial charge on any atom is -0.479 e. The van der Waals surface area contributed by atoms with Crippen molar-refractivity contribution in [1.82, 2.24) is 4.98 Å². The molecule has 0 aromatic carbocycles. The van der Waals surface area contributed by atoms with Gasteiger partial charge >= 0.3 is 5.97 Å². The van der Waals surface area contributed by atoms with Gasteiger partial charge in [-0.1, -0.05) is 6.07 Å². The van der Waals surface area contributed by atoms with Gasteiger partial charge in [0, 0.05) is 25.9 Å². The van der Waals surface area contributed by atoms with Crippen molar-refractivity contribution in [3.63, 3.8) is 0 Å². The number of aliphatic hydroxyl groups excluding tert-OH is 2. The fourth-order valence-corrected chi connectivity index (χ4v) is 1.15. The number of aliphatic hydroxyl groups is 2. The van der Waals surface area contributed by atoms with Crippen LogP contribution in [0.15, 0.2) is 18.3 Å². The maximum atomic E-state index is 10.5. The summed E-state index contributed by atoms with van der Waals surface area (Å²) in [4.78, 5) is 16.2. The van der Waals surface area contributed by atoms with E-state index in [1.54, 1.807) is 11.0 Å². The van der Waals surface area contributed by atoms with E-state index in [-0.39, 0.29) is 5.56 Å². The van der Waals surface area contributed by atoms with E-state index in [2.05, 4.69) is 4.98 Å². The predicted molar refractivity (Wildman–Crippen MR) is 57.2 cm³/mol. The smallest absolute Gasteiger partial charge is 0.335 e. The Morgan fingerprint density at radius 1 is 1.38 bits per heavy atom. The van der Waals surface area contributed by atoms with Crippen molar-refractivity contribution in [3.8, 4) is 0 Å². The zero-order valence-corrected chi connectivity index (χ0v) is 9.03. The maximum Gasteiger partial charge on any atom is 0.335 e. The minimum absolute atomic E-state index is 0.264. The Balaban J connectivity index is 2.85. The molecule has 1 aromatic heterocycles. The zero-order valence-electron chi connectivity index (χ0n) is 9.03. The predicted octanol–water partition coefficient (Wildman–Crippen LogP) is -0.374. The fraction of sp³-hybridized carbons (Fsp3) is 0.400. The molecular formula is C10H14N2O4. The average Bonchev–Trinajstić information content (AvgIpc) is 2.27. The number of aromatic nitrogens is 1. The molecule has 6 nitrogen and oxygen atoms in total. The molecule has 1 aromatic rings. The van der Waals surface area contributed by atoms with Crippen LogP contribution in [0.5, 0.6) is 0 Å². The van der Waals surface area contributed by atoms with Crippen molar-refractivity contribution in [2.24, 2.45) is 0 Å². The lowest BCUT2D eigenvalue weighted by molar-refractivity contribution is -0.153. The number of hydrogen-bond donors (Lipinski definition) is 3. The molecule has 0 aliphatic heterocycles. The molecule has 0 spiro atoms. The topological polar surface area (TPSA) is 93.9 Å². The number of aliphatic carboxylic acids is 1. The molecule has 0 aliphatic rings. The molecule has 0 aliphatic carbocycles. The first kappa shape index (κ1) is 12.4. The van der Waals surface area contributed by atoms with Crippen molar-refractivity contribution in [1.29, 1.82) is 0 Å². The summed E-state index contributed by atoms with van der Waals surface area (Å²) in [5, 5.41) is 27.2. The molecule has 6 heteroatoms. The summed E-state index contributed by atoms with van der Waals surface area (Å²) in [6.45, 7) is 0. The van der Waals surface area contributed by atoms with Crippen molar-refractivity contribution >= 4 is 11.8 Å². The number of hydrogen-bond acceptors (Lipinski definition) is 5. The van der Waals surface area contributed by atoms with Gasteiger partial charge in [-0.15, -0.1) is 0 Å². The van der Waals surface area contributed by atoms with Gasteiger partial charge in [0.05, 0.1) is 0 Å². The second-order valence-corrected chi connectivity index (χ2v) is 3.57. The normalized spacial score (nSPS) is 14.2. The molecule has 1 heterocycles. The first-order valence-corrected chi connectivity index (χ1v) is 4.65. The van der Waals surface area contributed by atoms with Crippen molar-refractivity contribution in [3.05, 3.63) is 23.9 Å². The van der Waals surface area contributed by atoms with E-state index in [1.165, 1.54) is 12.3 Å². The Kier molecular flexibility index (Phi) is 3.81. The Labute approximate surface area is 92.8 Å². The molecule has 3 N–H and O–H groups in total. The first-order valence-electron chi connectivity index (χ1n) is 4.65. The van der Waals surface area contributed by atoms with Crippen LogP contribution in [0.25, 0.3) is 0 Å². The van der Waals surface area contributed by atoms with Crippen LogP contribution in [-0.4, -0.2) is 46.5 Å². The van der Waals surface area contributed by atoms with E-state index in [0.717, 1.165) is 0 Å². The van der Waals surface area contributed by atoms with Gasteiger partial charge in [-0.05, 0) is 6.07 Å². The number of nitrogens with zero attached hydrogens (tertiary/aromatic N) is 2. The van der Waals surface area contributed by atoms with Gasteiger partial charge in [0.15, 0.2) is 6.10 Å². The van der Waals surface area contributed by atoms with Gasteiger partial charge in [-0.3, -0.25) is 0 Å².